The molecule has 0 aliphatic rings. The molecule has 0 radical (unpaired) electrons. The van der Waals surface area contributed by atoms with E-state index in [0.29, 0.717) is 0 Å². The van der Waals surface area contributed by atoms with Gasteiger partial charge in [-0.3, -0.25) is 0 Å². The molecule has 0 aliphatic carbocycles. The van der Waals surface area contributed by atoms with Crippen molar-refractivity contribution in [3.05, 3.63) is 35.9 Å². The van der Waals surface area contributed by atoms with E-state index in [0.717, 1.165) is 0 Å². The second-order valence-electron chi connectivity index (χ2n) is 6.56. The van der Waals surface area contributed by atoms with E-state index in [-0.39, 0.29) is 18.7 Å². The first kappa shape index (κ1) is 18.4. The van der Waals surface area contributed by atoms with Crippen LogP contribution in [0.5, 0.6) is 0 Å². The van der Waals surface area contributed by atoms with Gasteiger partial charge < -0.3 is 15.8 Å². The molecule has 1 amide bonds. The predicted molar refractivity (Wildman–Crippen MR) is 81.7 cm³/mol. The molecule has 124 valence electrons. The molecule has 1 atom stereocenters. The minimum Gasteiger partial charge on any atom is -0.444 e. The molecule has 0 saturated heterocycles. The van der Waals surface area contributed by atoms with Crippen LogP contribution in [-0.2, 0) is 10.7 Å². The molecule has 1 aromatic carbocycles. The zero-order valence-electron chi connectivity index (χ0n) is 13.5. The van der Waals surface area contributed by atoms with Crippen LogP contribution in [-0.4, -0.2) is 24.8 Å². The van der Waals surface area contributed by atoms with E-state index in [1.807, 2.05) is 0 Å². The maximum atomic E-state index is 14.7. The zero-order chi connectivity index (χ0) is 17.0. The summed E-state index contributed by atoms with van der Waals surface area (Å²) in [5.41, 5.74) is 3.13. The predicted octanol–water partition coefficient (Wildman–Crippen LogP) is 3.27. The Morgan fingerprint density at radius 3 is 2.18 bits per heavy atom. The third kappa shape index (κ3) is 4.40. The average molecular weight is 314 g/mol. The van der Waals surface area contributed by atoms with E-state index < -0.39 is 23.0 Å². The molecular formula is C16H24F2N2O2. The molecule has 0 aliphatic heterocycles. The van der Waals surface area contributed by atoms with Gasteiger partial charge in [-0.1, -0.05) is 37.3 Å². The Balaban J connectivity index is 2.86. The number of alkyl carbamates (subject to hydrolysis) is 1. The molecule has 6 heteroatoms. The highest BCUT2D eigenvalue weighted by molar-refractivity contribution is 5.67. The summed E-state index contributed by atoms with van der Waals surface area (Å²) in [6.45, 7) is 5.87. The monoisotopic (exact) mass is 314 g/mol. The van der Waals surface area contributed by atoms with Crippen molar-refractivity contribution in [3.63, 3.8) is 0 Å². The van der Waals surface area contributed by atoms with Gasteiger partial charge in [-0.15, -0.1) is 0 Å². The highest BCUT2D eigenvalue weighted by atomic mass is 19.3. The van der Waals surface area contributed by atoms with Gasteiger partial charge in [0.1, 0.15) is 5.60 Å². The van der Waals surface area contributed by atoms with E-state index >= 15 is 0 Å². The lowest BCUT2D eigenvalue weighted by molar-refractivity contribution is -0.116. The molecule has 0 heterocycles. The van der Waals surface area contributed by atoms with E-state index in [2.05, 4.69) is 5.32 Å². The Bertz CT molecular complexity index is 501. The van der Waals surface area contributed by atoms with Crippen LogP contribution in [0.4, 0.5) is 13.6 Å². The van der Waals surface area contributed by atoms with E-state index in [1.54, 1.807) is 39.0 Å². The molecule has 1 unspecified atom stereocenters. The number of amides is 1. The van der Waals surface area contributed by atoms with Crippen molar-refractivity contribution in [1.82, 2.24) is 5.32 Å². The van der Waals surface area contributed by atoms with Gasteiger partial charge in [-0.25, -0.2) is 13.6 Å². The van der Waals surface area contributed by atoms with Crippen LogP contribution in [0, 0.1) is 5.41 Å². The SMILES string of the molecule is CC(C)(C)OC(=O)NCC(C)(CN)C(F)(F)c1ccccc1. The standard InChI is InChI=1S/C16H24F2N2O2/c1-14(2,3)22-13(21)20-11-15(4,10-19)16(17,18)12-8-6-5-7-9-12/h5-9H,10-11,19H2,1-4H3,(H,20,21). The molecule has 4 nitrogen and oxygen atoms in total. The molecular weight excluding hydrogens is 290 g/mol. The van der Waals surface area contributed by atoms with Gasteiger partial charge in [0.05, 0.1) is 5.41 Å². The molecule has 1 rings (SSSR count). The quantitative estimate of drug-likeness (QED) is 0.876. The molecule has 0 aromatic heterocycles. The molecule has 0 bridgehead atoms. The second-order valence-corrected chi connectivity index (χ2v) is 6.56. The summed E-state index contributed by atoms with van der Waals surface area (Å²) >= 11 is 0. The second kappa shape index (κ2) is 6.60. The first-order valence-corrected chi connectivity index (χ1v) is 7.12. The highest BCUT2D eigenvalue weighted by Crippen LogP contribution is 2.44. The number of hydrogen-bond donors (Lipinski definition) is 2. The lowest BCUT2D eigenvalue weighted by Crippen LogP contribution is -2.51. The number of rotatable bonds is 5. The van der Waals surface area contributed by atoms with Crippen molar-refractivity contribution in [3.8, 4) is 0 Å². The molecule has 1 aromatic rings. The number of nitrogens with two attached hydrogens (primary N) is 1. The van der Waals surface area contributed by atoms with Gasteiger partial charge in [-0.2, -0.15) is 0 Å². The van der Waals surface area contributed by atoms with Crippen LogP contribution < -0.4 is 11.1 Å². The number of carbonyl (C=O) groups is 1. The first-order valence-electron chi connectivity index (χ1n) is 7.12. The molecule has 0 saturated carbocycles. The topological polar surface area (TPSA) is 64.3 Å². The van der Waals surface area contributed by atoms with Crippen molar-refractivity contribution in [2.45, 2.75) is 39.2 Å². The third-order valence-electron chi connectivity index (χ3n) is 3.37. The van der Waals surface area contributed by atoms with Crippen LogP contribution in [0.1, 0.15) is 33.3 Å². The van der Waals surface area contributed by atoms with Crippen LogP contribution in [0.15, 0.2) is 30.3 Å². The summed E-state index contributed by atoms with van der Waals surface area (Å²) in [5, 5.41) is 2.39. The molecule has 22 heavy (non-hydrogen) atoms. The number of hydrogen-bond acceptors (Lipinski definition) is 3. The van der Waals surface area contributed by atoms with Gasteiger partial charge in [-0.05, 0) is 20.8 Å². The van der Waals surface area contributed by atoms with Crippen LogP contribution in [0.3, 0.4) is 0 Å². The van der Waals surface area contributed by atoms with Crippen molar-refractivity contribution < 1.29 is 18.3 Å². The Morgan fingerprint density at radius 1 is 1.18 bits per heavy atom. The minimum atomic E-state index is -3.18. The van der Waals surface area contributed by atoms with Crippen molar-refractivity contribution >= 4 is 6.09 Å². The lowest BCUT2D eigenvalue weighted by atomic mass is 9.79. The van der Waals surface area contributed by atoms with E-state index in [9.17, 15) is 13.6 Å². The van der Waals surface area contributed by atoms with Crippen molar-refractivity contribution in [1.29, 1.82) is 0 Å². The summed E-state index contributed by atoms with van der Waals surface area (Å²) in [6.07, 6.45) is -0.740. The largest absolute Gasteiger partial charge is 0.444 e. The lowest BCUT2D eigenvalue weighted by Gasteiger charge is -2.37. The number of ether oxygens (including phenoxy) is 1. The fourth-order valence-corrected chi connectivity index (χ4v) is 1.89. The average Bonchev–Trinajstić information content (AvgIpc) is 2.43. The molecule has 3 N–H and O–H groups in total. The Hall–Kier alpha value is -1.69. The molecule has 0 fully saturated rings. The summed E-state index contributed by atoms with van der Waals surface area (Å²) < 4.78 is 34.5. The summed E-state index contributed by atoms with van der Waals surface area (Å²) in [7, 11) is 0. The summed E-state index contributed by atoms with van der Waals surface area (Å²) in [4.78, 5) is 11.7. The summed E-state index contributed by atoms with van der Waals surface area (Å²) in [5.74, 6) is -3.18. The third-order valence-corrected chi connectivity index (χ3v) is 3.37. The first-order chi connectivity index (χ1) is 10.0. The fourth-order valence-electron chi connectivity index (χ4n) is 1.89. The number of alkyl halides is 2. The minimum absolute atomic E-state index is 0.131. The van der Waals surface area contributed by atoms with E-state index in [1.165, 1.54) is 19.1 Å². The highest BCUT2D eigenvalue weighted by Gasteiger charge is 2.50. The van der Waals surface area contributed by atoms with Gasteiger partial charge in [0.2, 0.25) is 0 Å². The van der Waals surface area contributed by atoms with Gasteiger partial charge >= 0.3 is 6.09 Å². The maximum absolute atomic E-state index is 14.7. The number of nitrogens with one attached hydrogen (secondary N) is 1. The van der Waals surface area contributed by atoms with Crippen LogP contribution >= 0.6 is 0 Å². The number of benzene rings is 1. The molecule has 0 spiro atoms. The van der Waals surface area contributed by atoms with Crippen molar-refractivity contribution in [2.24, 2.45) is 11.1 Å². The Kier molecular flexibility index (Phi) is 5.51. The summed E-state index contributed by atoms with van der Waals surface area (Å²) in [6, 6.07) is 7.45. The van der Waals surface area contributed by atoms with Crippen LogP contribution in [0.2, 0.25) is 0 Å². The van der Waals surface area contributed by atoms with Crippen molar-refractivity contribution in [2.75, 3.05) is 13.1 Å². The number of halogens is 2. The smallest absolute Gasteiger partial charge is 0.407 e. The zero-order valence-corrected chi connectivity index (χ0v) is 13.5. The maximum Gasteiger partial charge on any atom is 0.407 e. The normalized spacial score (nSPS) is 15.0. The van der Waals surface area contributed by atoms with Gasteiger partial charge in [0, 0.05) is 18.7 Å². The number of carbonyl (C=O) groups excluding carboxylic acids is 1. The fraction of sp³-hybridized carbons (Fsp3) is 0.562. The van der Waals surface area contributed by atoms with E-state index in [4.69, 9.17) is 10.5 Å². The van der Waals surface area contributed by atoms with Gasteiger partial charge in [0.25, 0.3) is 5.92 Å². The van der Waals surface area contributed by atoms with Crippen LogP contribution in [0.25, 0.3) is 0 Å². The van der Waals surface area contributed by atoms with Gasteiger partial charge in [0.15, 0.2) is 0 Å². The Labute approximate surface area is 130 Å². The Morgan fingerprint density at radius 2 is 1.73 bits per heavy atom.